The molecule has 1 aliphatic heterocycles. The predicted octanol–water partition coefficient (Wildman–Crippen LogP) is 2.10. The van der Waals surface area contributed by atoms with Crippen LogP contribution < -0.4 is 10.5 Å². The van der Waals surface area contributed by atoms with Gasteiger partial charge < -0.3 is 15.4 Å². The smallest absolute Gasteiger partial charge is 0.274 e. The maximum Gasteiger partial charge on any atom is 0.274 e. The summed E-state index contributed by atoms with van der Waals surface area (Å²) in [5, 5.41) is 0. The molecule has 2 atom stereocenters. The second-order valence-corrected chi connectivity index (χ2v) is 7.81. The van der Waals surface area contributed by atoms with Crippen LogP contribution in [0.1, 0.15) is 51.5 Å². The minimum Gasteiger partial charge on any atom is -0.474 e. The van der Waals surface area contributed by atoms with Gasteiger partial charge in [0.1, 0.15) is 5.69 Å². The molecule has 1 aliphatic rings. The van der Waals surface area contributed by atoms with Crippen LogP contribution in [-0.2, 0) is 0 Å². The predicted molar refractivity (Wildman–Crippen MR) is 89.2 cm³/mol. The molecule has 2 unspecified atom stereocenters. The Morgan fingerprint density at radius 1 is 1.35 bits per heavy atom. The van der Waals surface area contributed by atoms with Crippen LogP contribution in [0.3, 0.4) is 0 Å². The summed E-state index contributed by atoms with van der Waals surface area (Å²) < 4.78 is 5.44. The lowest BCUT2D eigenvalue weighted by atomic mass is 9.83. The molecule has 0 spiro atoms. The van der Waals surface area contributed by atoms with E-state index >= 15 is 0 Å². The number of amides is 1. The van der Waals surface area contributed by atoms with Gasteiger partial charge in [-0.2, -0.15) is 0 Å². The normalized spacial score (nSPS) is 21.8. The van der Waals surface area contributed by atoms with E-state index in [1.54, 1.807) is 4.90 Å². The van der Waals surface area contributed by atoms with Crippen molar-refractivity contribution in [2.45, 2.75) is 53.2 Å². The van der Waals surface area contributed by atoms with E-state index < -0.39 is 0 Å². The first-order valence-corrected chi connectivity index (χ1v) is 8.19. The Labute approximate surface area is 138 Å². The van der Waals surface area contributed by atoms with Gasteiger partial charge in [-0.15, -0.1) is 0 Å². The molecule has 0 aliphatic carbocycles. The third kappa shape index (κ3) is 4.89. The molecular weight excluding hydrogens is 292 g/mol. The Bertz CT molecular complexity index is 537. The third-order valence-corrected chi connectivity index (χ3v) is 3.86. The van der Waals surface area contributed by atoms with Crippen LogP contribution in [0.2, 0.25) is 0 Å². The van der Waals surface area contributed by atoms with E-state index in [-0.39, 0.29) is 23.5 Å². The van der Waals surface area contributed by atoms with Crippen LogP contribution >= 0.6 is 0 Å². The van der Waals surface area contributed by atoms with Gasteiger partial charge in [-0.3, -0.25) is 4.79 Å². The average molecular weight is 320 g/mol. The maximum absolute atomic E-state index is 12.6. The molecule has 0 radical (unpaired) electrons. The van der Waals surface area contributed by atoms with E-state index in [1.165, 1.54) is 12.4 Å². The summed E-state index contributed by atoms with van der Waals surface area (Å²) in [5.74, 6) is 0.649. The number of carbonyl (C=O) groups is 1. The standard InChI is InChI=1S/C17H28N4O2/c1-11(2)23-15-8-19-14(7-20-15)16(22)21-9-12(13(18)10-21)6-17(3,4)5/h7-8,11-13H,6,9-10,18H2,1-5H3. The molecule has 2 heterocycles. The first kappa shape index (κ1) is 17.7. The second-order valence-electron chi connectivity index (χ2n) is 7.81. The van der Waals surface area contributed by atoms with Crippen LogP contribution in [0.5, 0.6) is 5.88 Å². The summed E-state index contributed by atoms with van der Waals surface area (Å²) in [6, 6.07) is 0.0229. The molecule has 1 aromatic rings. The zero-order chi connectivity index (χ0) is 17.2. The topological polar surface area (TPSA) is 81.3 Å². The van der Waals surface area contributed by atoms with E-state index in [0.717, 1.165) is 6.42 Å². The molecule has 0 saturated carbocycles. The highest BCUT2D eigenvalue weighted by Gasteiger charge is 2.35. The molecule has 0 aromatic carbocycles. The maximum atomic E-state index is 12.6. The minimum atomic E-state index is -0.111. The van der Waals surface area contributed by atoms with Gasteiger partial charge in [0, 0.05) is 19.1 Å². The molecule has 1 fully saturated rings. The van der Waals surface area contributed by atoms with Crippen molar-refractivity contribution >= 4 is 5.91 Å². The number of ether oxygens (including phenoxy) is 1. The van der Waals surface area contributed by atoms with Crippen LogP contribution in [0.25, 0.3) is 0 Å². The Morgan fingerprint density at radius 3 is 2.57 bits per heavy atom. The number of aromatic nitrogens is 2. The molecular formula is C17H28N4O2. The van der Waals surface area contributed by atoms with Gasteiger partial charge in [-0.05, 0) is 31.6 Å². The highest BCUT2D eigenvalue weighted by molar-refractivity contribution is 5.92. The summed E-state index contributed by atoms with van der Waals surface area (Å²) in [4.78, 5) is 22.7. The summed E-state index contributed by atoms with van der Waals surface area (Å²) in [7, 11) is 0. The summed E-state index contributed by atoms with van der Waals surface area (Å²) in [5.41, 5.74) is 6.76. The largest absolute Gasteiger partial charge is 0.474 e. The zero-order valence-electron chi connectivity index (χ0n) is 14.7. The van der Waals surface area contributed by atoms with Crippen molar-refractivity contribution in [2.75, 3.05) is 13.1 Å². The van der Waals surface area contributed by atoms with Crippen molar-refractivity contribution in [1.82, 2.24) is 14.9 Å². The van der Waals surface area contributed by atoms with E-state index in [2.05, 4.69) is 30.7 Å². The SMILES string of the molecule is CC(C)Oc1cnc(C(=O)N2CC(N)C(CC(C)(C)C)C2)cn1. The number of hydrogen-bond donors (Lipinski definition) is 1. The second kappa shape index (κ2) is 6.83. The molecule has 1 saturated heterocycles. The van der Waals surface area contributed by atoms with Crippen LogP contribution in [0, 0.1) is 11.3 Å². The molecule has 6 nitrogen and oxygen atoms in total. The van der Waals surface area contributed by atoms with Gasteiger partial charge in [0.15, 0.2) is 0 Å². The first-order chi connectivity index (χ1) is 10.7. The van der Waals surface area contributed by atoms with E-state index in [9.17, 15) is 4.79 Å². The van der Waals surface area contributed by atoms with Crippen molar-refractivity contribution in [3.8, 4) is 5.88 Å². The molecule has 2 N–H and O–H groups in total. The van der Waals surface area contributed by atoms with Crippen LogP contribution in [0.15, 0.2) is 12.4 Å². The van der Waals surface area contributed by atoms with Gasteiger partial charge in [-0.1, -0.05) is 20.8 Å². The highest BCUT2D eigenvalue weighted by Crippen LogP contribution is 2.30. The van der Waals surface area contributed by atoms with E-state index in [1.807, 2.05) is 13.8 Å². The number of rotatable bonds is 4. The van der Waals surface area contributed by atoms with Gasteiger partial charge in [-0.25, -0.2) is 9.97 Å². The third-order valence-electron chi connectivity index (χ3n) is 3.86. The first-order valence-electron chi connectivity index (χ1n) is 8.19. The van der Waals surface area contributed by atoms with Crippen molar-refractivity contribution in [3.05, 3.63) is 18.1 Å². The molecule has 2 rings (SSSR count). The lowest BCUT2D eigenvalue weighted by molar-refractivity contribution is 0.0776. The van der Waals surface area contributed by atoms with Gasteiger partial charge in [0.05, 0.1) is 18.5 Å². The molecule has 6 heteroatoms. The summed E-state index contributed by atoms with van der Waals surface area (Å²) in [6.45, 7) is 11.7. The van der Waals surface area contributed by atoms with Crippen molar-refractivity contribution < 1.29 is 9.53 Å². The Kier molecular flexibility index (Phi) is 5.24. The van der Waals surface area contributed by atoms with Gasteiger partial charge in [0.2, 0.25) is 5.88 Å². The Hall–Kier alpha value is -1.69. The van der Waals surface area contributed by atoms with Gasteiger partial charge in [0.25, 0.3) is 5.91 Å². The van der Waals surface area contributed by atoms with Crippen LogP contribution in [0.4, 0.5) is 0 Å². The number of nitrogens with two attached hydrogens (primary N) is 1. The molecule has 1 amide bonds. The lowest BCUT2D eigenvalue weighted by Crippen LogP contribution is -2.33. The van der Waals surface area contributed by atoms with Crippen molar-refractivity contribution in [1.29, 1.82) is 0 Å². The monoisotopic (exact) mass is 320 g/mol. The Morgan fingerprint density at radius 2 is 2.04 bits per heavy atom. The fourth-order valence-electron chi connectivity index (χ4n) is 2.96. The van der Waals surface area contributed by atoms with E-state index in [4.69, 9.17) is 10.5 Å². The Balaban J connectivity index is 2.01. The molecule has 0 bridgehead atoms. The zero-order valence-corrected chi connectivity index (χ0v) is 14.7. The van der Waals surface area contributed by atoms with Crippen molar-refractivity contribution in [3.63, 3.8) is 0 Å². The number of carbonyl (C=O) groups excluding carboxylic acids is 1. The number of nitrogens with zero attached hydrogens (tertiary/aromatic N) is 3. The van der Waals surface area contributed by atoms with Crippen molar-refractivity contribution in [2.24, 2.45) is 17.1 Å². The van der Waals surface area contributed by atoms with E-state index in [0.29, 0.717) is 30.6 Å². The fourth-order valence-corrected chi connectivity index (χ4v) is 2.96. The number of hydrogen-bond acceptors (Lipinski definition) is 5. The minimum absolute atomic E-state index is 0.0229. The number of likely N-dealkylation sites (tertiary alicyclic amines) is 1. The molecule has 23 heavy (non-hydrogen) atoms. The quantitative estimate of drug-likeness (QED) is 0.919. The highest BCUT2D eigenvalue weighted by atomic mass is 16.5. The molecule has 128 valence electrons. The van der Waals surface area contributed by atoms with Gasteiger partial charge >= 0.3 is 0 Å². The average Bonchev–Trinajstić information content (AvgIpc) is 2.77. The fraction of sp³-hybridized carbons (Fsp3) is 0.706. The van der Waals surface area contributed by atoms with Crippen LogP contribution in [-0.4, -0.2) is 46.0 Å². The lowest BCUT2D eigenvalue weighted by Gasteiger charge is -2.24. The summed E-state index contributed by atoms with van der Waals surface area (Å²) >= 11 is 0. The summed E-state index contributed by atoms with van der Waals surface area (Å²) in [6.07, 6.45) is 4.00. The molecule has 1 aromatic heterocycles.